The van der Waals surface area contributed by atoms with Crippen molar-refractivity contribution in [3.05, 3.63) is 53.1 Å². The third kappa shape index (κ3) is 7.01. The third-order valence-corrected chi connectivity index (χ3v) is 5.69. The number of aliphatic hydroxyl groups excluding tert-OH is 2. The lowest BCUT2D eigenvalue weighted by molar-refractivity contribution is 0.115. The van der Waals surface area contributed by atoms with E-state index in [9.17, 15) is 10.2 Å². The quantitative estimate of drug-likeness (QED) is 0.483. The number of unbranched alkanes of at least 4 members (excludes halogenated alkanes) is 1. The standard InChI is InChI=1S/C21H28ClNO3S/c1-2-3-11-26-17-5-4-6-18(12-17)27-19-8-7-16(20(22)13-19)9-10-21(23,14-24)15-25/h4-8,12-13,24-25H,2-3,9-11,14-15,23H2,1H3. The van der Waals surface area contributed by atoms with E-state index in [0.29, 0.717) is 17.9 Å². The van der Waals surface area contributed by atoms with Gasteiger partial charge in [-0.2, -0.15) is 0 Å². The van der Waals surface area contributed by atoms with E-state index < -0.39 is 5.54 Å². The van der Waals surface area contributed by atoms with E-state index in [-0.39, 0.29) is 13.2 Å². The van der Waals surface area contributed by atoms with Gasteiger partial charge in [-0.15, -0.1) is 0 Å². The van der Waals surface area contributed by atoms with Crippen molar-refractivity contribution >= 4 is 23.4 Å². The summed E-state index contributed by atoms with van der Waals surface area (Å²) >= 11 is 8.05. The summed E-state index contributed by atoms with van der Waals surface area (Å²) in [4.78, 5) is 2.13. The van der Waals surface area contributed by atoms with Gasteiger partial charge >= 0.3 is 0 Å². The Morgan fingerprint density at radius 1 is 1.11 bits per heavy atom. The number of ether oxygens (including phenoxy) is 1. The predicted octanol–water partition coefficient (Wildman–Crippen LogP) is 4.28. The maximum absolute atomic E-state index is 9.30. The number of benzene rings is 2. The Kier molecular flexibility index (Phi) is 8.93. The molecule has 0 atom stereocenters. The van der Waals surface area contributed by atoms with Crippen LogP contribution in [-0.2, 0) is 6.42 Å². The van der Waals surface area contributed by atoms with Crippen LogP contribution in [0.2, 0.25) is 5.02 Å². The second kappa shape index (κ2) is 10.9. The molecule has 148 valence electrons. The van der Waals surface area contributed by atoms with Crippen LogP contribution in [0.5, 0.6) is 5.75 Å². The summed E-state index contributed by atoms with van der Waals surface area (Å²) in [7, 11) is 0. The van der Waals surface area contributed by atoms with Crippen molar-refractivity contribution in [3.63, 3.8) is 0 Å². The lowest BCUT2D eigenvalue weighted by Crippen LogP contribution is -2.47. The summed E-state index contributed by atoms with van der Waals surface area (Å²) in [5.41, 5.74) is 5.90. The van der Waals surface area contributed by atoms with Crippen molar-refractivity contribution in [2.24, 2.45) is 5.73 Å². The SMILES string of the molecule is CCCCOc1cccc(Sc2ccc(CCC(N)(CO)CO)c(Cl)c2)c1. The molecule has 0 bridgehead atoms. The minimum atomic E-state index is -0.977. The lowest BCUT2D eigenvalue weighted by atomic mass is 9.94. The van der Waals surface area contributed by atoms with Gasteiger partial charge in [0, 0.05) is 14.8 Å². The van der Waals surface area contributed by atoms with Crippen LogP contribution in [0.3, 0.4) is 0 Å². The van der Waals surface area contributed by atoms with E-state index in [1.54, 1.807) is 11.8 Å². The zero-order chi connectivity index (χ0) is 19.7. The van der Waals surface area contributed by atoms with Crippen molar-refractivity contribution < 1.29 is 14.9 Å². The first-order valence-electron chi connectivity index (χ1n) is 9.19. The van der Waals surface area contributed by atoms with Gasteiger partial charge in [0.25, 0.3) is 0 Å². The average Bonchev–Trinajstić information content (AvgIpc) is 2.68. The highest BCUT2D eigenvalue weighted by Gasteiger charge is 2.23. The van der Waals surface area contributed by atoms with Crippen LogP contribution in [0.25, 0.3) is 0 Å². The number of hydrogen-bond acceptors (Lipinski definition) is 5. The molecule has 2 rings (SSSR count). The molecule has 27 heavy (non-hydrogen) atoms. The van der Waals surface area contributed by atoms with Gasteiger partial charge in [-0.25, -0.2) is 0 Å². The van der Waals surface area contributed by atoms with Crippen LogP contribution in [0, 0.1) is 0 Å². The first kappa shape index (κ1) is 22.1. The fourth-order valence-electron chi connectivity index (χ4n) is 2.48. The van der Waals surface area contributed by atoms with Crippen molar-refractivity contribution in [1.29, 1.82) is 0 Å². The summed E-state index contributed by atoms with van der Waals surface area (Å²) in [5, 5.41) is 19.3. The molecule has 2 aromatic rings. The van der Waals surface area contributed by atoms with Crippen LogP contribution >= 0.6 is 23.4 Å². The van der Waals surface area contributed by atoms with E-state index >= 15 is 0 Å². The lowest BCUT2D eigenvalue weighted by Gasteiger charge is -2.24. The summed E-state index contributed by atoms with van der Waals surface area (Å²) in [6.45, 7) is 2.36. The smallest absolute Gasteiger partial charge is 0.120 e. The Morgan fingerprint density at radius 2 is 1.85 bits per heavy atom. The predicted molar refractivity (Wildman–Crippen MR) is 112 cm³/mol. The first-order chi connectivity index (χ1) is 13.0. The molecule has 0 fully saturated rings. The van der Waals surface area contributed by atoms with Crippen LogP contribution in [-0.4, -0.2) is 35.6 Å². The summed E-state index contributed by atoms with van der Waals surface area (Å²) < 4.78 is 5.76. The fraction of sp³-hybridized carbons (Fsp3) is 0.429. The molecule has 0 saturated heterocycles. The van der Waals surface area contributed by atoms with Gasteiger partial charge in [-0.1, -0.05) is 48.8 Å². The van der Waals surface area contributed by atoms with E-state index in [0.717, 1.165) is 40.6 Å². The Bertz CT molecular complexity index is 722. The van der Waals surface area contributed by atoms with Crippen molar-refractivity contribution in [2.75, 3.05) is 19.8 Å². The second-order valence-electron chi connectivity index (χ2n) is 6.71. The van der Waals surface area contributed by atoms with Crippen molar-refractivity contribution in [2.45, 2.75) is 47.9 Å². The van der Waals surface area contributed by atoms with E-state index in [4.69, 9.17) is 22.1 Å². The molecule has 0 aliphatic rings. The van der Waals surface area contributed by atoms with Crippen molar-refractivity contribution in [3.8, 4) is 5.75 Å². The third-order valence-electron chi connectivity index (χ3n) is 4.35. The highest BCUT2D eigenvalue weighted by Crippen LogP contribution is 2.33. The molecule has 2 aromatic carbocycles. The molecule has 0 spiro atoms. The number of halogens is 1. The zero-order valence-corrected chi connectivity index (χ0v) is 17.2. The van der Waals surface area contributed by atoms with Crippen LogP contribution in [0.4, 0.5) is 0 Å². The normalized spacial score (nSPS) is 11.6. The van der Waals surface area contributed by atoms with Gasteiger partial charge in [0.05, 0.1) is 25.4 Å². The highest BCUT2D eigenvalue weighted by atomic mass is 35.5. The molecular weight excluding hydrogens is 382 g/mol. The average molecular weight is 410 g/mol. The highest BCUT2D eigenvalue weighted by molar-refractivity contribution is 7.99. The number of hydrogen-bond donors (Lipinski definition) is 3. The summed E-state index contributed by atoms with van der Waals surface area (Å²) in [6, 6.07) is 14.0. The van der Waals surface area contributed by atoms with Gasteiger partial charge in [-0.3, -0.25) is 0 Å². The number of aliphatic hydroxyl groups is 2. The molecular formula is C21H28ClNO3S. The molecule has 0 aliphatic carbocycles. The molecule has 0 aromatic heterocycles. The number of rotatable bonds is 11. The molecule has 4 N–H and O–H groups in total. The molecule has 0 aliphatic heterocycles. The summed E-state index contributed by atoms with van der Waals surface area (Å²) in [5.74, 6) is 0.878. The van der Waals surface area contributed by atoms with Crippen LogP contribution in [0.1, 0.15) is 31.7 Å². The monoisotopic (exact) mass is 409 g/mol. The topological polar surface area (TPSA) is 75.7 Å². The van der Waals surface area contributed by atoms with Gasteiger partial charge in [0.2, 0.25) is 0 Å². The zero-order valence-electron chi connectivity index (χ0n) is 15.7. The minimum Gasteiger partial charge on any atom is -0.494 e. The van der Waals surface area contributed by atoms with E-state index in [1.165, 1.54) is 0 Å². The minimum absolute atomic E-state index is 0.258. The maximum atomic E-state index is 9.30. The van der Waals surface area contributed by atoms with Crippen LogP contribution in [0.15, 0.2) is 52.3 Å². The number of nitrogens with two attached hydrogens (primary N) is 1. The molecule has 0 saturated carbocycles. The molecule has 4 nitrogen and oxygen atoms in total. The molecule has 0 radical (unpaired) electrons. The van der Waals surface area contributed by atoms with E-state index in [2.05, 4.69) is 6.92 Å². The Balaban J connectivity index is 2.00. The second-order valence-corrected chi connectivity index (χ2v) is 8.26. The van der Waals surface area contributed by atoms with Gasteiger partial charge in [0.1, 0.15) is 5.75 Å². The molecule has 0 heterocycles. The van der Waals surface area contributed by atoms with E-state index in [1.807, 2.05) is 42.5 Å². The maximum Gasteiger partial charge on any atom is 0.120 e. The fourth-order valence-corrected chi connectivity index (χ4v) is 3.73. The Morgan fingerprint density at radius 3 is 2.52 bits per heavy atom. The Hall–Kier alpha value is -1.24. The van der Waals surface area contributed by atoms with Gasteiger partial charge < -0.3 is 20.7 Å². The molecule has 0 amide bonds. The van der Waals surface area contributed by atoms with Gasteiger partial charge in [0.15, 0.2) is 0 Å². The van der Waals surface area contributed by atoms with Crippen molar-refractivity contribution in [1.82, 2.24) is 0 Å². The first-order valence-corrected chi connectivity index (χ1v) is 10.4. The molecule has 6 heteroatoms. The largest absolute Gasteiger partial charge is 0.494 e. The summed E-state index contributed by atoms with van der Waals surface area (Å²) in [6.07, 6.45) is 3.22. The van der Waals surface area contributed by atoms with Gasteiger partial charge in [-0.05, 0) is 55.2 Å². The number of aryl methyl sites for hydroxylation is 1. The molecule has 0 unspecified atom stereocenters. The Labute approximate surface area is 170 Å². The van der Waals surface area contributed by atoms with Crippen LogP contribution < -0.4 is 10.5 Å².